The Balaban J connectivity index is 1.79. The van der Waals surface area contributed by atoms with Gasteiger partial charge >= 0.3 is 5.97 Å². The molecule has 0 saturated carbocycles. The van der Waals surface area contributed by atoms with Crippen molar-refractivity contribution in [2.24, 2.45) is 5.92 Å². The first kappa shape index (κ1) is 17.6. The molecule has 4 aromatic rings. The highest BCUT2D eigenvalue weighted by Gasteiger charge is 2.27. The Hall–Kier alpha value is -3.46. The van der Waals surface area contributed by atoms with Gasteiger partial charge in [-0.3, -0.25) is 0 Å². The third-order valence-electron chi connectivity index (χ3n) is 5.79. The maximum Gasteiger partial charge on any atom is 0.336 e. The summed E-state index contributed by atoms with van der Waals surface area (Å²) >= 11 is 0. The van der Waals surface area contributed by atoms with Crippen LogP contribution in [0.2, 0.25) is 0 Å². The minimum absolute atomic E-state index is 0.366. The van der Waals surface area contributed by atoms with Crippen LogP contribution < -0.4 is 0 Å². The number of fused-ring (bicyclic) bond motifs is 3. The molecule has 3 heteroatoms. The fraction of sp³-hybridized carbons (Fsp3) is 0.154. The largest absolute Gasteiger partial charge is 0.478 e. The number of carboxylic acid groups (broad SMARTS) is 1. The molecule has 1 unspecified atom stereocenters. The van der Waals surface area contributed by atoms with Gasteiger partial charge in [-0.2, -0.15) is 0 Å². The van der Waals surface area contributed by atoms with E-state index < -0.39 is 5.97 Å². The monoisotopic (exact) mass is 379 g/mol. The van der Waals surface area contributed by atoms with E-state index in [-0.39, 0.29) is 0 Å². The molecular formula is C26H21NO2. The van der Waals surface area contributed by atoms with Crippen molar-refractivity contribution < 1.29 is 9.90 Å². The van der Waals surface area contributed by atoms with Crippen molar-refractivity contribution in [2.75, 3.05) is 0 Å². The van der Waals surface area contributed by atoms with Crippen LogP contribution in [0.3, 0.4) is 0 Å². The van der Waals surface area contributed by atoms with Gasteiger partial charge in [0.05, 0.1) is 16.8 Å². The summed E-state index contributed by atoms with van der Waals surface area (Å²) < 4.78 is 0. The van der Waals surface area contributed by atoms with Gasteiger partial charge in [0, 0.05) is 5.39 Å². The second-order valence-electron chi connectivity index (χ2n) is 7.89. The number of pyridine rings is 1. The number of hydrogen-bond acceptors (Lipinski definition) is 2. The van der Waals surface area contributed by atoms with E-state index in [1.54, 1.807) is 0 Å². The van der Waals surface area contributed by atoms with Crippen molar-refractivity contribution in [3.63, 3.8) is 0 Å². The summed E-state index contributed by atoms with van der Waals surface area (Å²) in [6.45, 7) is 2.18. The first-order valence-electron chi connectivity index (χ1n) is 9.95. The molecule has 142 valence electrons. The van der Waals surface area contributed by atoms with Crippen LogP contribution in [0.5, 0.6) is 0 Å². The highest BCUT2D eigenvalue weighted by atomic mass is 16.4. The third-order valence-corrected chi connectivity index (χ3v) is 5.79. The number of carbonyl (C=O) groups is 1. The fourth-order valence-electron chi connectivity index (χ4n) is 4.54. The molecule has 1 aromatic heterocycles. The van der Waals surface area contributed by atoms with E-state index in [1.807, 2.05) is 30.3 Å². The molecule has 1 aliphatic carbocycles. The van der Waals surface area contributed by atoms with E-state index in [4.69, 9.17) is 4.98 Å². The van der Waals surface area contributed by atoms with Gasteiger partial charge in [0.2, 0.25) is 0 Å². The Labute approximate surface area is 169 Å². The minimum atomic E-state index is -0.876. The summed E-state index contributed by atoms with van der Waals surface area (Å²) in [5.74, 6) is -0.511. The van der Waals surface area contributed by atoms with Crippen LogP contribution in [-0.2, 0) is 6.42 Å². The van der Waals surface area contributed by atoms with Crippen LogP contribution in [-0.4, -0.2) is 16.1 Å². The van der Waals surface area contributed by atoms with Crippen LogP contribution >= 0.6 is 0 Å². The Morgan fingerprint density at radius 1 is 0.966 bits per heavy atom. The SMILES string of the molecule is CC1CC(=Cc2cccc3ccccc23)c2nc3ccccc3c(C(=O)O)c2C1. The van der Waals surface area contributed by atoms with E-state index in [9.17, 15) is 9.90 Å². The number of rotatable bonds is 2. The van der Waals surface area contributed by atoms with E-state index in [1.165, 1.54) is 10.8 Å². The fourth-order valence-corrected chi connectivity index (χ4v) is 4.54. The molecule has 1 heterocycles. The lowest BCUT2D eigenvalue weighted by molar-refractivity contribution is 0.0697. The molecule has 29 heavy (non-hydrogen) atoms. The zero-order valence-electron chi connectivity index (χ0n) is 16.2. The average molecular weight is 379 g/mol. The molecule has 0 bridgehead atoms. The summed E-state index contributed by atoms with van der Waals surface area (Å²) in [5, 5.41) is 13.1. The quantitative estimate of drug-likeness (QED) is 0.450. The van der Waals surface area contributed by atoms with Crippen LogP contribution in [0.25, 0.3) is 33.3 Å². The molecule has 0 fully saturated rings. The standard InChI is InChI=1S/C26H21NO2/c1-16-13-19(15-18-9-6-8-17-7-2-3-10-20(17)18)25-22(14-16)24(26(28)29)21-11-4-5-12-23(21)27-25/h2-12,15-16H,13-14H2,1H3,(H,28,29). The number of allylic oxidation sites excluding steroid dienone is 1. The Morgan fingerprint density at radius 2 is 1.69 bits per heavy atom. The molecule has 1 aliphatic rings. The van der Waals surface area contributed by atoms with Gasteiger partial charge in [-0.15, -0.1) is 0 Å². The van der Waals surface area contributed by atoms with Gasteiger partial charge < -0.3 is 5.11 Å². The van der Waals surface area contributed by atoms with Crippen molar-refractivity contribution in [1.82, 2.24) is 4.98 Å². The third kappa shape index (κ3) is 2.99. The highest BCUT2D eigenvalue weighted by Crippen LogP contribution is 2.39. The van der Waals surface area contributed by atoms with Gasteiger partial charge in [-0.25, -0.2) is 9.78 Å². The molecule has 1 N–H and O–H groups in total. The average Bonchev–Trinajstić information content (AvgIpc) is 2.72. The highest BCUT2D eigenvalue weighted by molar-refractivity contribution is 6.06. The lowest BCUT2D eigenvalue weighted by Crippen LogP contribution is -2.17. The minimum Gasteiger partial charge on any atom is -0.478 e. The molecular weight excluding hydrogens is 358 g/mol. The number of aromatic nitrogens is 1. The summed E-state index contributed by atoms with van der Waals surface area (Å²) in [4.78, 5) is 17.1. The maximum absolute atomic E-state index is 12.2. The molecule has 0 amide bonds. The predicted molar refractivity (Wildman–Crippen MR) is 118 cm³/mol. The van der Waals surface area contributed by atoms with Gasteiger partial charge in [0.15, 0.2) is 0 Å². The van der Waals surface area contributed by atoms with Crippen molar-refractivity contribution in [3.05, 3.63) is 89.1 Å². The first-order valence-corrected chi connectivity index (χ1v) is 9.95. The van der Waals surface area contributed by atoms with Gasteiger partial charge in [0.25, 0.3) is 0 Å². The molecule has 1 atom stereocenters. The number of carboxylic acids is 1. The molecule has 0 radical (unpaired) electrons. The molecule has 0 saturated heterocycles. The van der Waals surface area contributed by atoms with Gasteiger partial charge in [-0.05, 0) is 58.4 Å². The second kappa shape index (κ2) is 6.85. The summed E-state index contributed by atoms with van der Waals surface area (Å²) in [6.07, 6.45) is 3.83. The van der Waals surface area contributed by atoms with E-state index in [0.29, 0.717) is 11.5 Å². The Bertz CT molecular complexity index is 1300. The normalized spacial score (nSPS) is 17.6. The van der Waals surface area contributed by atoms with Crippen LogP contribution in [0.1, 0.15) is 40.5 Å². The number of aromatic carboxylic acids is 1. The number of hydrogen-bond donors (Lipinski definition) is 1. The zero-order valence-corrected chi connectivity index (χ0v) is 16.2. The van der Waals surface area contributed by atoms with Crippen LogP contribution in [0.15, 0.2) is 66.7 Å². The van der Waals surface area contributed by atoms with Crippen molar-refractivity contribution in [3.8, 4) is 0 Å². The van der Waals surface area contributed by atoms with Crippen molar-refractivity contribution >= 4 is 39.3 Å². The zero-order chi connectivity index (χ0) is 20.0. The lowest BCUT2D eigenvalue weighted by Gasteiger charge is -2.26. The van der Waals surface area contributed by atoms with Crippen LogP contribution in [0, 0.1) is 5.92 Å². The summed E-state index contributed by atoms with van der Waals surface area (Å²) in [6, 6.07) is 22.2. The van der Waals surface area contributed by atoms with E-state index in [0.717, 1.165) is 46.1 Å². The Kier molecular flexibility index (Phi) is 4.17. The van der Waals surface area contributed by atoms with Gasteiger partial charge in [-0.1, -0.05) is 67.6 Å². The van der Waals surface area contributed by atoms with Gasteiger partial charge in [0.1, 0.15) is 0 Å². The summed E-state index contributed by atoms with van der Waals surface area (Å²) in [5.41, 5.74) is 5.10. The maximum atomic E-state index is 12.2. The lowest BCUT2D eigenvalue weighted by atomic mass is 9.80. The van der Waals surface area contributed by atoms with Crippen molar-refractivity contribution in [1.29, 1.82) is 0 Å². The smallest absolute Gasteiger partial charge is 0.336 e. The predicted octanol–water partition coefficient (Wildman–Crippen LogP) is 6.21. The number of benzene rings is 3. The van der Waals surface area contributed by atoms with Crippen molar-refractivity contribution in [2.45, 2.75) is 19.8 Å². The van der Waals surface area contributed by atoms with E-state index in [2.05, 4.69) is 49.4 Å². The summed E-state index contributed by atoms with van der Waals surface area (Å²) in [7, 11) is 0. The first-order chi connectivity index (χ1) is 14.1. The molecule has 3 aromatic carbocycles. The molecule has 0 aliphatic heterocycles. The van der Waals surface area contributed by atoms with E-state index >= 15 is 0 Å². The molecule has 5 rings (SSSR count). The number of nitrogens with zero attached hydrogens (tertiary/aromatic N) is 1. The Morgan fingerprint density at radius 3 is 2.52 bits per heavy atom. The number of para-hydroxylation sites is 1. The molecule has 0 spiro atoms. The van der Waals surface area contributed by atoms with Crippen LogP contribution in [0.4, 0.5) is 0 Å². The second-order valence-corrected chi connectivity index (χ2v) is 7.89. The molecule has 3 nitrogen and oxygen atoms in total. The topological polar surface area (TPSA) is 50.2 Å².